The van der Waals surface area contributed by atoms with Gasteiger partial charge in [0.25, 0.3) is 5.91 Å². The molecule has 1 aliphatic heterocycles. The molecule has 1 fully saturated rings. The Kier molecular flexibility index (Phi) is 5.75. The Bertz CT molecular complexity index is 1060. The molecule has 1 saturated heterocycles. The van der Waals surface area contributed by atoms with Gasteiger partial charge < -0.3 is 14.5 Å². The fraction of sp³-hybridized carbons (Fsp3) is 0.450. The van der Waals surface area contributed by atoms with E-state index in [4.69, 9.17) is 9.72 Å². The van der Waals surface area contributed by atoms with Gasteiger partial charge in [0, 0.05) is 52.6 Å². The van der Waals surface area contributed by atoms with E-state index >= 15 is 0 Å². The van der Waals surface area contributed by atoms with Crippen molar-refractivity contribution in [2.75, 3.05) is 45.3 Å². The predicted octanol–water partition coefficient (Wildman–Crippen LogP) is 1.58. The number of nitrogens with zero attached hydrogens (tertiary/aromatic N) is 7. The van der Waals surface area contributed by atoms with Crippen molar-refractivity contribution in [3.8, 4) is 0 Å². The quantitative estimate of drug-likeness (QED) is 0.630. The largest absolute Gasteiger partial charge is 0.383 e. The number of carbonyl (C=O) groups is 1. The van der Waals surface area contributed by atoms with Crippen LogP contribution in [0.5, 0.6) is 0 Å². The Morgan fingerprint density at radius 1 is 1.33 bits per heavy atom. The molecule has 3 aromatic heterocycles. The highest BCUT2D eigenvalue weighted by Gasteiger charge is 2.19. The van der Waals surface area contributed by atoms with Gasteiger partial charge in [-0.05, 0) is 25.0 Å². The summed E-state index contributed by atoms with van der Waals surface area (Å²) >= 11 is 0. The molecule has 4 rings (SSSR count). The first kappa shape index (κ1) is 20.0. The molecule has 1 N–H and O–H groups in total. The molecule has 30 heavy (non-hydrogen) atoms. The molecule has 0 atom stereocenters. The molecular weight excluding hydrogens is 384 g/mol. The molecule has 0 unspecified atom stereocenters. The van der Waals surface area contributed by atoms with Crippen molar-refractivity contribution in [3.63, 3.8) is 0 Å². The summed E-state index contributed by atoms with van der Waals surface area (Å²) in [5.74, 6) is 0.575. The lowest BCUT2D eigenvalue weighted by molar-refractivity contribution is 0.0737. The molecule has 1 aliphatic rings. The van der Waals surface area contributed by atoms with Gasteiger partial charge >= 0.3 is 0 Å². The van der Waals surface area contributed by atoms with E-state index in [2.05, 4.69) is 25.2 Å². The Labute approximate surface area is 174 Å². The highest BCUT2D eigenvalue weighted by molar-refractivity contribution is 5.97. The molecule has 0 saturated carbocycles. The summed E-state index contributed by atoms with van der Waals surface area (Å²) in [6, 6.07) is 0. The third-order valence-corrected chi connectivity index (χ3v) is 5.16. The zero-order valence-corrected chi connectivity index (χ0v) is 17.5. The fourth-order valence-corrected chi connectivity index (χ4v) is 3.48. The molecule has 3 aromatic rings. The number of amides is 1. The van der Waals surface area contributed by atoms with Crippen LogP contribution < -0.4 is 4.90 Å². The summed E-state index contributed by atoms with van der Waals surface area (Å²) in [7, 11) is 5.14. The molecule has 10 heteroatoms. The number of carbonyl (C=O) groups excluding carboxylic acids is 1. The molecule has 0 bridgehead atoms. The van der Waals surface area contributed by atoms with Gasteiger partial charge in [-0.25, -0.2) is 9.97 Å². The SMILES string of the molecule is COCCN(C)C(=O)c1nn(C)cc1/C=C/c1n[nH]c2cnc(N3CCCC3)nc12. The maximum absolute atomic E-state index is 12.8. The van der Waals surface area contributed by atoms with Crippen LogP contribution in [-0.4, -0.2) is 81.2 Å². The number of likely N-dealkylation sites (N-methyl/N-ethyl adjacent to an activating group) is 1. The van der Waals surface area contributed by atoms with Crippen molar-refractivity contribution in [2.24, 2.45) is 7.05 Å². The predicted molar refractivity (Wildman–Crippen MR) is 114 cm³/mol. The van der Waals surface area contributed by atoms with E-state index in [0.717, 1.165) is 48.5 Å². The smallest absolute Gasteiger partial charge is 0.274 e. The fourth-order valence-electron chi connectivity index (χ4n) is 3.48. The second-order valence-corrected chi connectivity index (χ2v) is 7.39. The van der Waals surface area contributed by atoms with Gasteiger partial charge in [-0.1, -0.05) is 0 Å². The molecule has 158 valence electrons. The van der Waals surface area contributed by atoms with Gasteiger partial charge in [0.05, 0.1) is 12.8 Å². The summed E-state index contributed by atoms with van der Waals surface area (Å²) in [6.07, 6.45) is 9.60. The van der Waals surface area contributed by atoms with Gasteiger partial charge in [-0.2, -0.15) is 10.2 Å². The number of fused-ring (bicyclic) bond motifs is 1. The van der Waals surface area contributed by atoms with E-state index in [0.29, 0.717) is 24.5 Å². The average Bonchev–Trinajstić information content (AvgIpc) is 3.49. The van der Waals surface area contributed by atoms with Crippen LogP contribution >= 0.6 is 0 Å². The number of ether oxygens (including phenoxy) is 1. The molecule has 10 nitrogen and oxygen atoms in total. The van der Waals surface area contributed by atoms with Crippen LogP contribution in [0.3, 0.4) is 0 Å². The third-order valence-electron chi connectivity index (χ3n) is 5.16. The Morgan fingerprint density at radius 3 is 2.90 bits per heavy atom. The molecule has 0 aliphatic carbocycles. The lowest BCUT2D eigenvalue weighted by atomic mass is 10.2. The lowest BCUT2D eigenvalue weighted by Crippen LogP contribution is -2.30. The normalized spacial score (nSPS) is 14.3. The highest BCUT2D eigenvalue weighted by Crippen LogP contribution is 2.21. The maximum atomic E-state index is 12.8. The molecule has 0 aromatic carbocycles. The minimum Gasteiger partial charge on any atom is -0.383 e. The molecule has 0 spiro atoms. The maximum Gasteiger partial charge on any atom is 0.274 e. The lowest BCUT2D eigenvalue weighted by Gasteiger charge is -2.15. The molecule has 1 amide bonds. The zero-order valence-electron chi connectivity index (χ0n) is 17.5. The van der Waals surface area contributed by atoms with Crippen molar-refractivity contribution in [3.05, 3.63) is 29.3 Å². The number of aromatic amines is 1. The molecule has 0 radical (unpaired) electrons. The Morgan fingerprint density at radius 2 is 2.13 bits per heavy atom. The van der Waals surface area contributed by atoms with Crippen LogP contribution in [0, 0.1) is 0 Å². The zero-order chi connectivity index (χ0) is 21.1. The second kappa shape index (κ2) is 8.62. The molecule has 4 heterocycles. The van der Waals surface area contributed by atoms with E-state index in [1.165, 1.54) is 0 Å². The van der Waals surface area contributed by atoms with Crippen molar-refractivity contribution < 1.29 is 9.53 Å². The van der Waals surface area contributed by atoms with Crippen LogP contribution in [0.4, 0.5) is 5.95 Å². The van der Waals surface area contributed by atoms with Crippen LogP contribution in [-0.2, 0) is 11.8 Å². The number of hydrogen-bond acceptors (Lipinski definition) is 7. The second-order valence-electron chi connectivity index (χ2n) is 7.39. The van der Waals surface area contributed by atoms with Gasteiger partial charge in [-0.3, -0.25) is 14.6 Å². The van der Waals surface area contributed by atoms with Crippen molar-refractivity contribution in [1.82, 2.24) is 34.8 Å². The van der Waals surface area contributed by atoms with Gasteiger partial charge in [0.15, 0.2) is 5.69 Å². The Hall–Kier alpha value is -3.27. The number of rotatable bonds is 7. The minimum atomic E-state index is -0.155. The van der Waals surface area contributed by atoms with E-state index in [9.17, 15) is 4.79 Å². The van der Waals surface area contributed by atoms with Gasteiger partial charge in [-0.15, -0.1) is 0 Å². The van der Waals surface area contributed by atoms with Crippen molar-refractivity contribution in [1.29, 1.82) is 0 Å². The average molecular weight is 410 g/mol. The number of nitrogens with one attached hydrogen (secondary N) is 1. The number of methoxy groups -OCH3 is 1. The molecular formula is C20H26N8O2. The topological polar surface area (TPSA) is 105 Å². The van der Waals surface area contributed by atoms with Crippen molar-refractivity contribution in [2.45, 2.75) is 12.8 Å². The Balaban J connectivity index is 1.60. The first-order valence-electron chi connectivity index (χ1n) is 9.99. The van der Waals surface area contributed by atoms with Crippen LogP contribution in [0.15, 0.2) is 12.4 Å². The van der Waals surface area contributed by atoms with Gasteiger partial charge in [0.1, 0.15) is 16.7 Å². The summed E-state index contributed by atoms with van der Waals surface area (Å²) < 4.78 is 6.69. The summed E-state index contributed by atoms with van der Waals surface area (Å²) in [5, 5.41) is 11.7. The number of anilines is 1. The number of hydrogen-bond donors (Lipinski definition) is 1. The van der Waals surface area contributed by atoms with E-state index in [1.54, 1.807) is 37.0 Å². The summed E-state index contributed by atoms with van der Waals surface area (Å²) in [5.41, 5.74) is 3.34. The standard InChI is InChI=1S/C20H26N8O2/c1-26(10-11-30-3)19(29)17-14(13-27(2)25-17)6-7-15-18-16(24-23-15)12-21-20(22-18)28-8-4-5-9-28/h6-7,12-13H,4-5,8-11H2,1-3H3,(H,23,24)/b7-6+. The number of aryl methyl sites for hydroxylation is 1. The minimum absolute atomic E-state index is 0.155. The van der Waals surface area contributed by atoms with Crippen LogP contribution in [0.25, 0.3) is 23.2 Å². The van der Waals surface area contributed by atoms with E-state index < -0.39 is 0 Å². The van der Waals surface area contributed by atoms with Crippen LogP contribution in [0.2, 0.25) is 0 Å². The first-order valence-corrected chi connectivity index (χ1v) is 9.99. The van der Waals surface area contributed by atoms with Crippen molar-refractivity contribution >= 4 is 35.0 Å². The number of aromatic nitrogens is 6. The third kappa shape index (κ3) is 4.04. The first-order chi connectivity index (χ1) is 14.6. The number of H-pyrrole nitrogens is 1. The monoisotopic (exact) mass is 410 g/mol. The van der Waals surface area contributed by atoms with E-state index in [1.807, 2.05) is 18.3 Å². The summed E-state index contributed by atoms with van der Waals surface area (Å²) in [4.78, 5) is 25.7. The highest BCUT2D eigenvalue weighted by atomic mass is 16.5. The van der Waals surface area contributed by atoms with Gasteiger partial charge in [0.2, 0.25) is 5.95 Å². The summed E-state index contributed by atoms with van der Waals surface area (Å²) in [6.45, 7) is 2.92. The van der Waals surface area contributed by atoms with E-state index in [-0.39, 0.29) is 5.91 Å². The van der Waals surface area contributed by atoms with Crippen LogP contribution in [0.1, 0.15) is 34.6 Å².